The summed E-state index contributed by atoms with van der Waals surface area (Å²) in [6.45, 7) is 4.40. The van der Waals surface area contributed by atoms with Crippen LogP contribution in [0.1, 0.15) is 47.2 Å². The maximum Gasteiger partial charge on any atom is 0.269 e. The van der Waals surface area contributed by atoms with Gasteiger partial charge in [-0.05, 0) is 35.2 Å². The molecule has 31 heavy (non-hydrogen) atoms. The van der Waals surface area contributed by atoms with Crippen LogP contribution >= 0.6 is 0 Å². The molecule has 0 aliphatic rings. The van der Waals surface area contributed by atoms with Gasteiger partial charge in [-0.3, -0.25) is 9.78 Å². The predicted molar refractivity (Wildman–Crippen MR) is 122 cm³/mol. The number of carbonyl (C=O) groups is 1. The van der Waals surface area contributed by atoms with Gasteiger partial charge in [-0.1, -0.05) is 38.1 Å². The van der Waals surface area contributed by atoms with E-state index in [2.05, 4.69) is 53.0 Å². The summed E-state index contributed by atoms with van der Waals surface area (Å²) in [7, 11) is 3.61. The Morgan fingerprint density at radius 2 is 1.81 bits per heavy atom. The van der Waals surface area contributed by atoms with Crippen molar-refractivity contribution in [3.05, 3.63) is 83.4 Å². The van der Waals surface area contributed by atoms with E-state index in [4.69, 9.17) is 9.72 Å². The molecule has 0 aliphatic carbocycles. The van der Waals surface area contributed by atoms with Crippen LogP contribution < -0.4 is 10.1 Å². The van der Waals surface area contributed by atoms with E-state index in [-0.39, 0.29) is 5.91 Å². The van der Waals surface area contributed by atoms with Crippen molar-refractivity contribution in [3.63, 3.8) is 0 Å². The molecule has 2 aromatic carbocycles. The quantitative estimate of drug-likeness (QED) is 0.490. The van der Waals surface area contributed by atoms with Crippen LogP contribution in [0.3, 0.4) is 0 Å². The third kappa shape index (κ3) is 4.43. The molecule has 1 N–H and O–H groups in total. The number of imidazole rings is 1. The van der Waals surface area contributed by atoms with Crippen LogP contribution in [0.2, 0.25) is 0 Å². The molecule has 0 unspecified atom stereocenters. The lowest BCUT2D eigenvalue weighted by Crippen LogP contribution is -2.18. The highest BCUT2D eigenvalue weighted by molar-refractivity contribution is 5.92. The molecular formula is C25H26N4O2. The maximum atomic E-state index is 11.8. The fourth-order valence-corrected chi connectivity index (χ4v) is 3.52. The molecule has 0 spiro atoms. The summed E-state index contributed by atoms with van der Waals surface area (Å²) in [5.74, 6) is 2.48. The Balaban J connectivity index is 1.57. The van der Waals surface area contributed by atoms with E-state index in [9.17, 15) is 4.79 Å². The number of hydrogen-bond donors (Lipinski definition) is 1. The minimum absolute atomic E-state index is 0.253. The number of carbonyl (C=O) groups excluding carboxylic acids is 1. The van der Waals surface area contributed by atoms with E-state index in [0.717, 1.165) is 23.3 Å². The summed E-state index contributed by atoms with van der Waals surface area (Å²) in [5.41, 5.74) is 4.80. The number of aromatic nitrogens is 3. The zero-order chi connectivity index (χ0) is 22.0. The molecule has 0 aliphatic heterocycles. The van der Waals surface area contributed by atoms with E-state index < -0.39 is 0 Å². The molecule has 4 rings (SSSR count). The average Bonchev–Trinajstić information content (AvgIpc) is 3.08. The van der Waals surface area contributed by atoms with Gasteiger partial charge in [0.25, 0.3) is 5.91 Å². The lowest BCUT2D eigenvalue weighted by Gasteiger charge is -2.07. The molecule has 0 bridgehead atoms. The lowest BCUT2D eigenvalue weighted by atomic mass is 10.0. The van der Waals surface area contributed by atoms with Crippen molar-refractivity contribution < 1.29 is 9.53 Å². The number of nitrogens with zero attached hydrogens (tertiary/aromatic N) is 3. The highest BCUT2D eigenvalue weighted by Crippen LogP contribution is 2.27. The normalized spacial score (nSPS) is 11.1. The van der Waals surface area contributed by atoms with Crippen molar-refractivity contribution in [2.45, 2.75) is 26.2 Å². The van der Waals surface area contributed by atoms with Crippen LogP contribution in [0, 0.1) is 0 Å². The molecule has 0 atom stereocenters. The number of pyridine rings is 1. The number of rotatable bonds is 6. The van der Waals surface area contributed by atoms with E-state index in [0.29, 0.717) is 23.1 Å². The van der Waals surface area contributed by atoms with Gasteiger partial charge in [0.1, 0.15) is 23.0 Å². The van der Waals surface area contributed by atoms with Crippen molar-refractivity contribution in [1.29, 1.82) is 0 Å². The summed E-state index contributed by atoms with van der Waals surface area (Å²) in [4.78, 5) is 20.7. The zero-order valence-electron chi connectivity index (χ0n) is 18.2. The van der Waals surface area contributed by atoms with Crippen LogP contribution in [0.4, 0.5) is 0 Å². The van der Waals surface area contributed by atoms with Gasteiger partial charge in [0.2, 0.25) is 0 Å². The monoisotopic (exact) mass is 414 g/mol. The van der Waals surface area contributed by atoms with Crippen molar-refractivity contribution in [2.24, 2.45) is 7.05 Å². The lowest BCUT2D eigenvalue weighted by molar-refractivity contribution is 0.0958. The highest BCUT2D eigenvalue weighted by Gasteiger charge is 2.11. The SMILES string of the molecule is CNC(=O)c1cc(Oc2ccc3c(c2)nc(Cc2ccc(C(C)C)cc2)n3C)ccn1. The summed E-state index contributed by atoms with van der Waals surface area (Å²) in [6, 6.07) is 17.9. The Morgan fingerprint density at radius 3 is 2.52 bits per heavy atom. The average molecular weight is 415 g/mol. The van der Waals surface area contributed by atoms with Crippen molar-refractivity contribution in [3.8, 4) is 11.5 Å². The smallest absolute Gasteiger partial charge is 0.269 e. The predicted octanol–water partition coefficient (Wildman–Crippen LogP) is 4.83. The fourth-order valence-electron chi connectivity index (χ4n) is 3.52. The van der Waals surface area contributed by atoms with Gasteiger partial charge in [-0.15, -0.1) is 0 Å². The first-order valence-corrected chi connectivity index (χ1v) is 10.3. The second-order valence-electron chi connectivity index (χ2n) is 7.87. The van der Waals surface area contributed by atoms with Crippen LogP contribution in [0.5, 0.6) is 11.5 Å². The first-order valence-electron chi connectivity index (χ1n) is 10.3. The topological polar surface area (TPSA) is 69.0 Å². The number of ether oxygens (including phenoxy) is 1. The largest absolute Gasteiger partial charge is 0.457 e. The Morgan fingerprint density at radius 1 is 1.06 bits per heavy atom. The second kappa shape index (κ2) is 8.60. The van der Waals surface area contributed by atoms with E-state index in [1.54, 1.807) is 25.4 Å². The van der Waals surface area contributed by atoms with E-state index in [1.807, 2.05) is 25.2 Å². The van der Waals surface area contributed by atoms with Gasteiger partial charge >= 0.3 is 0 Å². The third-order valence-corrected chi connectivity index (χ3v) is 5.38. The zero-order valence-corrected chi connectivity index (χ0v) is 18.2. The molecule has 158 valence electrons. The molecular weight excluding hydrogens is 388 g/mol. The number of nitrogens with one attached hydrogen (secondary N) is 1. The van der Waals surface area contributed by atoms with Crippen LogP contribution in [0.25, 0.3) is 11.0 Å². The van der Waals surface area contributed by atoms with Gasteiger partial charge in [0, 0.05) is 38.8 Å². The molecule has 0 fully saturated rings. The molecule has 6 heteroatoms. The van der Waals surface area contributed by atoms with Crippen LogP contribution in [-0.4, -0.2) is 27.5 Å². The summed E-state index contributed by atoms with van der Waals surface area (Å²) >= 11 is 0. The Labute approximate surface area is 181 Å². The second-order valence-corrected chi connectivity index (χ2v) is 7.87. The van der Waals surface area contributed by atoms with Crippen LogP contribution in [0.15, 0.2) is 60.8 Å². The van der Waals surface area contributed by atoms with Gasteiger partial charge in [-0.25, -0.2) is 4.98 Å². The number of benzene rings is 2. The van der Waals surface area contributed by atoms with E-state index >= 15 is 0 Å². The first kappa shape index (κ1) is 20.6. The molecule has 2 aromatic heterocycles. The molecule has 6 nitrogen and oxygen atoms in total. The Bertz CT molecular complexity index is 1230. The van der Waals surface area contributed by atoms with Gasteiger partial charge in [0.05, 0.1) is 11.0 Å². The maximum absolute atomic E-state index is 11.8. The minimum atomic E-state index is -0.253. The van der Waals surface area contributed by atoms with Crippen LogP contribution in [-0.2, 0) is 13.5 Å². The van der Waals surface area contributed by atoms with Gasteiger partial charge in [-0.2, -0.15) is 0 Å². The number of aryl methyl sites for hydroxylation is 1. The first-order chi connectivity index (χ1) is 14.9. The molecule has 2 heterocycles. The van der Waals surface area contributed by atoms with Gasteiger partial charge < -0.3 is 14.6 Å². The Hall–Kier alpha value is -3.67. The molecule has 0 saturated carbocycles. The fraction of sp³-hybridized carbons (Fsp3) is 0.240. The number of fused-ring (bicyclic) bond motifs is 1. The molecule has 1 amide bonds. The number of amides is 1. The standard InChI is InChI=1S/C25H26N4O2/c1-16(2)18-7-5-17(6-8-18)13-24-28-21-14-19(9-10-23(21)29(24)4)31-20-11-12-27-22(15-20)25(30)26-3/h5-12,14-16H,13H2,1-4H3,(H,26,30). The number of hydrogen-bond acceptors (Lipinski definition) is 4. The highest BCUT2D eigenvalue weighted by atomic mass is 16.5. The molecule has 0 radical (unpaired) electrons. The van der Waals surface area contributed by atoms with Crippen molar-refractivity contribution in [1.82, 2.24) is 19.9 Å². The minimum Gasteiger partial charge on any atom is -0.457 e. The summed E-state index contributed by atoms with van der Waals surface area (Å²) in [6.07, 6.45) is 2.32. The van der Waals surface area contributed by atoms with Gasteiger partial charge in [0.15, 0.2) is 0 Å². The van der Waals surface area contributed by atoms with Crippen molar-refractivity contribution in [2.75, 3.05) is 7.05 Å². The Kier molecular flexibility index (Phi) is 5.71. The summed E-state index contributed by atoms with van der Waals surface area (Å²) in [5, 5.41) is 2.56. The van der Waals surface area contributed by atoms with E-state index in [1.165, 1.54) is 11.1 Å². The molecule has 4 aromatic rings. The molecule has 0 saturated heterocycles. The van der Waals surface area contributed by atoms with Crippen molar-refractivity contribution >= 4 is 16.9 Å². The third-order valence-electron chi connectivity index (χ3n) is 5.38. The summed E-state index contributed by atoms with van der Waals surface area (Å²) < 4.78 is 8.07.